The summed E-state index contributed by atoms with van der Waals surface area (Å²) in [7, 11) is 0. The second kappa shape index (κ2) is 4.55. The van der Waals surface area contributed by atoms with Crippen molar-refractivity contribution in [2.24, 2.45) is 5.73 Å². The maximum atomic E-state index is 11.0. The predicted octanol–water partition coefficient (Wildman–Crippen LogP) is 0.994. The zero-order chi connectivity index (χ0) is 12.7. The first-order valence-corrected chi connectivity index (χ1v) is 7.13. The molecule has 2 aliphatic carbocycles. The molecule has 1 unspecified atom stereocenters. The zero-order valence-corrected chi connectivity index (χ0v) is 10.8. The van der Waals surface area contributed by atoms with E-state index in [9.17, 15) is 4.79 Å². The van der Waals surface area contributed by atoms with Gasteiger partial charge in [0.15, 0.2) is 5.16 Å². The van der Waals surface area contributed by atoms with Crippen LogP contribution in [0.15, 0.2) is 5.16 Å². The molecule has 0 aromatic carbocycles. The number of rotatable bonds is 6. The molecule has 1 aromatic rings. The Morgan fingerprint density at radius 2 is 2.17 bits per heavy atom. The number of nitrogens with zero attached hydrogens (tertiary/aromatic N) is 3. The number of carboxylic acids is 1. The van der Waals surface area contributed by atoms with E-state index in [2.05, 4.69) is 14.8 Å². The van der Waals surface area contributed by atoms with Crippen molar-refractivity contribution in [2.45, 2.75) is 48.0 Å². The van der Waals surface area contributed by atoms with E-state index in [1.54, 1.807) is 0 Å². The molecule has 0 radical (unpaired) electrons. The fourth-order valence-corrected chi connectivity index (χ4v) is 2.89. The summed E-state index contributed by atoms with van der Waals surface area (Å²) >= 11 is 1.22. The van der Waals surface area contributed by atoms with Crippen molar-refractivity contribution in [1.29, 1.82) is 0 Å². The summed E-state index contributed by atoms with van der Waals surface area (Å²) in [5, 5.41) is 17.5. The fraction of sp³-hybridized carbons (Fsp3) is 0.727. The molecule has 18 heavy (non-hydrogen) atoms. The zero-order valence-electron chi connectivity index (χ0n) is 9.95. The molecule has 0 spiro atoms. The van der Waals surface area contributed by atoms with Gasteiger partial charge < -0.3 is 15.4 Å². The summed E-state index contributed by atoms with van der Waals surface area (Å²) in [6, 6.07) is 0.477. The van der Waals surface area contributed by atoms with Gasteiger partial charge in [0.25, 0.3) is 0 Å². The molecular weight excluding hydrogens is 252 g/mol. The maximum absolute atomic E-state index is 11.0. The minimum absolute atomic E-state index is 0.107. The highest BCUT2D eigenvalue weighted by atomic mass is 32.2. The van der Waals surface area contributed by atoms with E-state index in [-0.39, 0.29) is 6.54 Å². The Morgan fingerprint density at radius 3 is 2.67 bits per heavy atom. The highest BCUT2D eigenvalue weighted by Crippen LogP contribution is 2.46. The third-order valence-electron chi connectivity index (χ3n) is 3.28. The van der Waals surface area contributed by atoms with Crippen LogP contribution in [0.5, 0.6) is 0 Å². The van der Waals surface area contributed by atoms with Crippen LogP contribution in [-0.2, 0) is 4.79 Å². The third kappa shape index (κ3) is 2.24. The molecule has 1 heterocycles. The van der Waals surface area contributed by atoms with Crippen LogP contribution in [0.1, 0.15) is 43.5 Å². The molecule has 6 nitrogen and oxygen atoms in total. The average Bonchev–Trinajstić information content (AvgIpc) is 3.24. The largest absolute Gasteiger partial charge is 0.480 e. The number of hydrogen-bond donors (Lipinski definition) is 2. The molecule has 0 bridgehead atoms. The standard InChI is InChI=1S/C11H16N4O2S/c12-5-8(10(16)17)18-11-14-13-9(6-1-2-6)15(11)7-3-4-7/h6-8H,1-5,12H2,(H,16,17). The number of aliphatic carboxylic acids is 1. The molecule has 2 aliphatic rings. The summed E-state index contributed by atoms with van der Waals surface area (Å²) in [5.41, 5.74) is 5.48. The Bertz CT molecular complexity index is 468. The van der Waals surface area contributed by atoms with Crippen LogP contribution in [0, 0.1) is 0 Å². The molecule has 0 amide bonds. The van der Waals surface area contributed by atoms with E-state index in [1.165, 1.54) is 24.6 Å². The lowest BCUT2D eigenvalue weighted by Crippen LogP contribution is -2.26. The van der Waals surface area contributed by atoms with E-state index in [4.69, 9.17) is 10.8 Å². The lowest BCUT2D eigenvalue weighted by Gasteiger charge is -2.11. The van der Waals surface area contributed by atoms with Gasteiger partial charge in [0.1, 0.15) is 11.1 Å². The van der Waals surface area contributed by atoms with Gasteiger partial charge in [0.2, 0.25) is 0 Å². The average molecular weight is 268 g/mol. The molecule has 2 saturated carbocycles. The van der Waals surface area contributed by atoms with Crippen molar-refractivity contribution in [3.8, 4) is 0 Å². The Morgan fingerprint density at radius 1 is 1.44 bits per heavy atom. The molecule has 0 saturated heterocycles. The van der Waals surface area contributed by atoms with Crippen molar-refractivity contribution in [3.05, 3.63) is 5.82 Å². The molecule has 3 N–H and O–H groups in total. The summed E-state index contributed by atoms with van der Waals surface area (Å²) in [6.45, 7) is 0.107. The van der Waals surface area contributed by atoms with Crippen molar-refractivity contribution in [3.63, 3.8) is 0 Å². The number of nitrogens with two attached hydrogens (primary N) is 1. The van der Waals surface area contributed by atoms with E-state index in [0.29, 0.717) is 12.0 Å². The fourth-order valence-electron chi connectivity index (χ4n) is 1.99. The minimum atomic E-state index is -0.888. The Kier molecular flexibility index (Phi) is 3.03. The summed E-state index contributed by atoms with van der Waals surface area (Å²) in [5.74, 6) is 0.690. The van der Waals surface area contributed by atoms with Crippen molar-refractivity contribution in [1.82, 2.24) is 14.8 Å². The van der Waals surface area contributed by atoms with Gasteiger partial charge in [0, 0.05) is 18.5 Å². The summed E-state index contributed by atoms with van der Waals surface area (Å²) in [6.07, 6.45) is 4.64. The van der Waals surface area contributed by atoms with Crippen LogP contribution in [0.25, 0.3) is 0 Å². The molecule has 1 atom stereocenters. The van der Waals surface area contributed by atoms with E-state index in [0.717, 1.165) is 23.8 Å². The first-order chi connectivity index (χ1) is 8.70. The highest BCUT2D eigenvalue weighted by molar-refractivity contribution is 8.00. The van der Waals surface area contributed by atoms with Gasteiger partial charge in [-0.05, 0) is 25.7 Å². The summed E-state index contributed by atoms with van der Waals surface area (Å²) < 4.78 is 2.15. The first kappa shape index (κ1) is 12.0. The van der Waals surface area contributed by atoms with Crippen LogP contribution in [-0.4, -0.2) is 37.6 Å². The maximum Gasteiger partial charge on any atom is 0.318 e. The number of hydrogen-bond acceptors (Lipinski definition) is 5. The second-order valence-corrected chi connectivity index (χ2v) is 6.07. The van der Waals surface area contributed by atoms with Gasteiger partial charge in [-0.1, -0.05) is 11.8 Å². The van der Waals surface area contributed by atoms with E-state index >= 15 is 0 Å². The van der Waals surface area contributed by atoms with Gasteiger partial charge in [-0.25, -0.2) is 0 Å². The van der Waals surface area contributed by atoms with Gasteiger partial charge >= 0.3 is 5.97 Å². The van der Waals surface area contributed by atoms with Crippen LogP contribution >= 0.6 is 11.8 Å². The van der Waals surface area contributed by atoms with Crippen molar-refractivity contribution < 1.29 is 9.90 Å². The van der Waals surface area contributed by atoms with Gasteiger partial charge in [0.05, 0.1) is 0 Å². The Hall–Kier alpha value is -1.08. The molecule has 1 aromatic heterocycles. The van der Waals surface area contributed by atoms with Gasteiger partial charge in [-0.2, -0.15) is 0 Å². The second-order valence-electron chi connectivity index (χ2n) is 4.90. The van der Waals surface area contributed by atoms with Crippen LogP contribution in [0.3, 0.4) is 0 Å². The third-order valence-corrected chi connectivity index (χ3v) is 4.45. The Balaban J connectivity index is 1.84. The van der Waals surface area contributed by atoms with E-state index < -0.39 is 11.2 Å². The molecular formula is C11H16N4O2S. The first-order valence-electron chi connectivity index (χ1n) is 6.25. The number of carboxylic acid groups (broad SMARTS) is 1. The smallest absolute Gasteiger partial charge is 0.318 e. The monoisotopic (exact) mass is 268 g/mol. The van der Waals surface area contributed by atoms with Crippen LogP contribution in [0.4, 0.5) is 0 Å². The SMILES string of the molecule is NCC(Sc1nnc(C2CC2)n1C1CC1)C(=O)O. The van der Waals surface area contributed by atoms with Gasteiger partial charge in [-0.15, -0.1) is 10.2 Å². The number of thioether (sulfide) groups is 1. The number of carbonyl (C=O) groups is 1. The lowest BCUT2D eigenvalue weighted by molar-refractivity contribution is -0.136. The lowest BCUT2D eigenvalue weighted by atomic mass is 10.4. The van der Waals surface area contributed by atoms with E-state index in [1.807, 2.05) is 0 Å². The molecule has 98 valence electrons. The van der Waals surface area contributed by atoms with Crippen molar-refractivity contribution in [2.75, 3.05) is 6.54 Å². The number of aromatic nitrogens is 3. The van der Waals surface area contributed by atoms with Crippen LogP contribution < -0.4 is 5.73 Å². The summed E-state index contributed by atoms with van der Waals surface area (Å²) in [4.78, 5) is 11.0. The normalized spacial score (nSPS) is 20.9. The van der Waals surface area contributed by atoms with Gasteiger partial charge in [-0.3, -0.25) is 4.79 Å². The van der Waals surface area contributed by atoms with Crippen molar-refractivity contribution >= 4 is 17.7 Å². The quantitative estimate of drug-likeness (QED) is 0.747. The van der Waals surface area contributed by atoms with Crippen LogP contribution in [0.2, 0.25) is 0 Å². The molecule has 0 aliphatic heterocycles. The molecule has 7 heteroatoms. The highest BCUT2D eigenvalue weighted by Gasteiger charge is 2.37. The topological polar surface area (TPSA) is 94.0 Å². The Labute approximate surface area is 109 Å². The molecule has 2 fully saturated rings. The molecule has 3 rings (SSSR count). The predicted molar refractivity (Wildman–Crippen MR) is 66.6 cm³/mol. The minimum Gasteiger partial charge on any atom is -0.480 e.